The van der Waals surface area contributed by atoms with Crippen molar-refractivity contribution in [3.8, 4) is 0 Å². The number of ether oxygens (including phenoxy) is 1. The lowest BCUT2D eigenvalue weighted by atomic mass is 10.1. The summed E-state index contributed by atoms with van der Waals surface area (Å²) in [6, 6.07) is 3.03. The number of hydrogen-bond acceptors (Lipinski definition) is 3. The number of alkyl halides is 3. The van der Waals surface area contributed by atoms with Crippen LogP contribution in [0, 0.1) is 0 Å². The van der Waals surface area contributed by atoms with E-state index in [1.807, 2.05) is 0 Å². The molecule has 0 unspecified atom stereocenters. The van der Waals surface area contributed by atoms with Crippen molar-refractivity contribution in [3.63, 3.8) is 0 Å². The van der Waals surface area contributed by atoms with Crippen LogP contribution in [0.3, 0.4) is 0 Å². The summed E-state index contributed by atoms with van der Waals surface area (Å²) < 4.78 is 44.0. The number of esters is 1. The van der Waals surface area contributed by atoms with Crippen molar-refractivity contribution in [2.45, 2.75) is 13.1 Å². The smallest absolute Gasteiger partial charge is 0.418 e. The van der Waals surface area contributed by atoms with Crippen molar-refractivity contribution in [2.75, 3.05) is 6.61 Å². The number of aromatic nitrogens is 1. The molecule has 0 fully saturated rings. The van der Waals surface area contributed by atoms with Gasteiger partial charge in [-0.2, -0.15) is 13.2 Å². The third kappa shape index (κ3) is 3.10. The Kier molecular flexibility index (Phi) is 4.08. The van der Waals surface area contributed by atoms with Crippen molar-refractivity contribution in [1.29, 1.82) is 0 Å². The van der Waals surface area contributed by atoms with Crippen LogP contribution in [-0.2, 0) is 10.9 Å². The molecule has 21 heavy (non-hydrogen) atoms. The predicted octanol–water partition coefficient (Wildman–Crippen LogP) is 3.49. The average Bonchev–Trinajstić information content (AvgIpc) is 2.37. The highest BCUT2D eigenvalue weighted by molar-refractivity contribution is 9.10. The Morgan fingerprint density at radius 1 is 1.33 bits per heavy atom. The number of carbonyl (C=O) groups is 1. The summed E-state index contributed by atoms with van der Waals surface area (Å²) in [6.45, 7) is 1.60. The Labute approximate surface area is 125 Å². The first kappa shape index (κ1) is 15.6. The zero-order valence-corrected chi connectivity index (χ0v) is 12.3. The van der Waals surface area contributed by atoms with E-state index in [2.05, 4.69) is 25.7 Å². The fourth-order valence-electron chi connectivity index (χ4n) is 1.86. The van der Waals surface area contributed by atoms with Crippen LogP contribution in [0.25, 0.3) is 10.9 Å². The summed E-state index contributed by atoms with van der Waals surface area (Å²) >= 11 is 2.94. The van der Waals surface area contributed by atoms with Crippen LogP contribution in [-0.4, -0.2) is 17.6 Å². The third-order valence-electron chi connectivity index (χ3n) is 2.70. The number of benzene rings is 1. The van der Waals surface area contributed by atoms with Crippen LogP contribution in [0.15, 0.2) is 27.5 Å². The third-order valence-corrected chi connectivity index (χ3v) is 3.16. The summed E-state index contributed by atoms with van der Waals surface area (Å²) in [5, 5.41) is -0.162. The van der Waals surface area contributed by atoms with E-state index in [9.17, 15) is 22.8 Å². The molecule has 1 aromatic carbocycles. The van der Waals surface area contributed by atoms with Gasteiger partial charge in [0.25, 0.3) is 0 Å². The number of nitrogens with one attached hydrogen (secondary N) is 1. The molecule has 1 N–H and O–H groups in total. The molecule has 0 atom stereocenters. The second-order valence-electron chi connectivity index (χ2n) is 4.14. The van der Waals surface area contributed by atoms with Crippen molar-refractivity contribution < 1.29 is 22.7 Å². The predicted molar refractivity (Wildman–Crippen MR) is 73.2 cm³/mol. The van der Waals surface area contributed by atoms with Gasteiger partial charge in [-0.3, -0.25) is 4.79 Å². The Morgan fingerprint density at radius 2 is 2.00 bits per heavy atom. The number of pyridine rings is 1. The zero-order chi connectivity index (χ0) is 15.8. The van der Waals surface area contributed by atoms with Gasteiger partial charge in [-0.05, 0) is 19.1 Å². The highest BCUT2D eigenvalue weighted by Crippen LogP contribution is 2.35. The maximum Gasteiger partial charge on any atom is 0.418 e. The Balaban J connectivity index is 2.80. The topological polar surface area (TPSA) is 59.2 Å². The number of hydrogen-bond donors (Lipinski definition) is 1. The van der Waals surface area contributed by atoms with Gasteiger partial charge in [-0.15, -0.1) is 0 Å². The Morgan fingerprint density at radius 3 is 2.57 bits per heavy atom. The van der Waals surface area contributed by atoms with Gasteiger partial charge in [-0.25, -0.2) is 4.79 Å². The molecule has 0 saturated heterocycles. The maximum atomic E-state index is 13.1. The van der Waals surface area contributed by atoms with E-state index in [1.165, 1.54) is 6.07 Å². The van der Waals surface area contributed by atoms with Crippen LogP contribution in [0.5, 0.6) is 0 Å². The SMILES string of the molecule is CCOC(=O)c1cc(=O)c2cc(Br)cc(C(F)(F)F)c2[nH]1. The van der Waals surface area contributed by atoms with Gasteiger partial charge in [0.05, 0.1) is 17.7 Å². The molecule has 0 aliphatic carbocycles. The van der Waals surface area contributed by atoms with E-state index in [1.54, 1.807) is 6.92 Å². The second kappa shape index (κ2) is 5.51. The van der Waals surface area contributed by atoms with Crippen molar-refractivity contribution >= 4 is 32.8 Å². The van der Waals surface area contributed by atoms with Crippen LogP contribution in [0.2, 0.25) is 0 Å². The van der Waals surface area contributed by atoms with Gasteiger partial charge in [-0.1, -0.05) is 15.9 Å². The van der Waals surface area contributed by atoms with Crippen LogP contribution in [0.1, 0.15) is 23.0 Å². The van der Waals surface area contributed by atoms with E-state index in [4.69, 9.17) is 0 Å². The first-order chi connectivity index (χ1) is 9.74. The standard InChI is InChI=1S/C13H9BrF3NO3/c1-2-21-12(20)9-5-10(19)7-3-6(14)4-8(11(7)18-9)13(15,16)17/h3-5H,2H2,1H3,(H,18,19). The summed E-state index contributed by atoms with van der Waals surface area (Å²) in [5.74, 6) is -0.882. The maximum absolute atomic E-state index is 13.1. The van der Waals surface area contributed by atoms with Gasteiger partial charge in [0.2, 0.25) is 0 Å². The molecule has 0 amide bonds. The second-order valence-corrected chi connectivity index (χ2v) is 5.06. The first-order valence-corrected chi connectivity index (χ1v) is 6.64. The van der Waals surface area contributed by atoms with Crippen molar-refractivity contribution in [3.05, 3.63) is 44.2 Å². The zero-order valence-electron chi connectivity index (χ0n) is 10.7. The molecule has 0 bridgehead atoms. The molecule has 2 rings (SSSR count). The molecule has 0 saturated carbocycles. The molecule has 0 aliphatic heterocycles. The molecule has 8 heteroatoms. The lowest BCUT2D eigenvalue weighted by Crippen LogP contribution is -2.15. The molecular weight excluding hydrogens is 355 g/mol. The van der Waals surface area contributed by atoms with E-state index < -0.39 is 28.7 Å². The number of carbonyl (C=O) groups excluding carboxylic acids is 1. The number of halogens is 4. The summed E-state index contributed by atoms with van der Waals surface area (Å²) in [4.78, 5) is 25.8. The highest BCUT2D eigenvalue weighted by atomic mass is 79.9. The number of fused-ring (bicyclic) bond motifs is 1. The largest absolute Gasteiger partial charge is 0.461 e. The van der Waals surface area contributed by atoms with Crippen molar-refractivity contribution in [1.82, 2.24) is 4.98 Å². The lowest BCUT2D eigenvalue weighted by molar-refractivity contribution is -0.136. The first-order valence-electron chi connectivity index (χ1n) is 5.85. The van der Waals surface area contributed by atoms with E-state index in [0.29, 0.717) is 0 Å². The van der Waals surface area contributed by atoms with Gasteiger partial charge >= 0.3 is 12.1 Å². The minimum absolute atomic E-state index is 0.0470. The molecule has 0 radical (unpaired) electrons. The van der Waals surface area contributed by atoms with E-state index in [-0.39, 0.29) is 22.2 Å². The monoisotopic (exact) mass is 363 g/mol. The van der Waals surface area contributed by atoms with Crippen LogP contribution >= 0.6 is 15.9 Å². The molecule has 0 spiro atoms. The minimum atomic E-state index is -4.67. The number of H-pyrrole nitrogens is 1. The average molecular weight is 364 g/mol. The molecule has 2 aromatic rings. The number of rotatable bonds is 2. The Hall–Kier alpha value is -1.83. The lowest BCUT2D eigenvalue weighted by Gasteiger charge is -2.12. The van der Waals surface area contributed by atoms with Gasteiger partial charge < -0.3 is 9.72 Å². The molecule has 1 heterocycles. The molecule has 1 aromatic heterocycles. The fourth-order valence-corrected chi connectivity index (χ4v) is 2.32. The molecule has 4 nitrogen and oxygen atoms in total. The van der Waals surface area contributed by atoms with E-state index >= 15 is 0 Å². The molecule has 0 aliphatic rings. The minimum Gasteiger partial charge on any atom is -0.461 e. The summed E-state index contributed by atoms with van der Waals surface area (Å²) in [6.07, 6.45) is -4.67. The van der Waals surface area contributed by atoms with Gasteiger partial charge in [0, 0.05) is 15.9 Å². The van der Waals surface area contributed by atoms with Gasteiger partial charge in [0.15, 0.2) is 5.43 Å². The van der Waals surface area contributed by atoms with E-state index in [0.717, 1.165) is 12.1 Å². The van der Waals surface area contributed by atoms with Crippen LogP contribution in [0.4, 0.5) is 13.2 Å². The fraction of sp³-hybridized carbons (Fsp3) is 0.231. The summed E-state index contributed by atoms with van der Waals surface area (Å²) in [7, 11) is 0. The Bertz CT molecular complexity index is 768. The summed E-state index contributed by atoms with van der Waals surface area (Å²) in [5.41, 5.74) is -2.49. The normalized spacial score (nSPS) is 11.7. The molecule has 112 valence electrons. The molecular formula is C13H9BrF3NO3. The number of aromatic amines is 1. The highest BCUT2D eigenvalue weighted by Gasteiger charge is 2.34. The van der Waals surface area contributed by atoms with Crippen LogP contribution < -0.4 is 5.43 Å². The van der Waals surface area contributed by atoms with Gasteiger partial charge in [0.1, 0.15) is 5.69 Å². The quantitative estimate of drug-likeness (QED) is 0.830. The van der Waals surface area contributed by atoms with Crippen molar-refractivity contribution in [2.24, 2.45) is 0 Å².